The summed E-state index contributed by atoms with van der Waals surface area (Å²) in [5, 5.41) is 1.90. The average Bonchev–Trinajstić information content (AvgIpc) is 3.21. The van der Waals surface area contributed by atoms with Gasteiger partial charge in [0.25, 0.3) is 5.91 Å². The first-order chi connectivity index (χ1) is 12.1. The third kappa shape index (κ3) is 2.61. The Morgan fingerprint density at radius 3 is 2.64 bits per heavy atom. The fraction of sp³-hybridized carbons (Fsp3) is 0.200. The molecular weight excluding hydrogens is 332 g/mol. The first-order valence-corrected chi connectivity index (χ1v) is 8.98. The molecule has 0 bridgehead atoms. The van der Waals surface area contributed by atoms with Gasteiger partial charge in [0, 0.05) is 18.0 Å². The lowest BCUT2D eigenvalue weighted by atomic mass is 10.1. The fourth-order valence-electron chi connectivity index (χ4n) is 2.95. The van der Waals surface area contributed by atoms with Crippen LogP contribution in [0.5, 0.6) is 0 Å². The van der Waals surface area contributed by atoms with Crippen molar-refractivity contribution in [3.8, 4) is 0 Å². The zero-order valence-electron chi connectivity index (χ0n) is 14.3. The van der Waals surface area contributed by atoms with Crippen LogP contribution in [0.15, 0.2) is 52.9 Å². The number of furan rings is 1. The summed E-state index contributed by atoms with van der Waals surface area (Å²) in [7, 11) is 1.80. The quantitative estimate of drug-likeness (QED) is 0.511. The highest BCUT2D eigenvalue weighted by molar-refractivity contribution is 7.18. The maximum Gasteiger partial charge on any atom is 0.290 e. The van der Waals surface area contributed by atoms with Crippen LogP contribution in [0.2, 0.25) is 0 Å². The molecule has 2 aromatic carbocycles. The van der Waals surface area contributed by atoms with Crippen LogP contribution in [-0.4, -0.2) is 22.8 Å². The fourth-order valence-corrected chi connectivity index (χ4v) is 4.01. The summed E-state index contributed by atoms with van der Waals surface area (Å²) in [5.41, 5.74) is 2.59. The molecule has 0 fully saturated rings. The summed E-state index contributed by atoms with van der Waals surface area (Å²) in [6.07, 6.45) is 0. The van der Waals surface area contributed by atoms with Crippen molar-refractivity contribution >= 4 is 38.4 Å². The van der Waals surface area contributed by atoms with E-state index in [1.807, 2.05) is 56.3 Å². The predicted octanol–water partition coefficient (Wildman–Crippen LogP) is 5.18. The number of rotatable bonds is 3. The molecule has 0 aliphatic rings. The van der Waals surface area contributed by atoms with Crippen LogP contribution in [0.1, 0.15) is 34.1 Å². The molecule has 4 rings (SSSR count). The van der Waals surface area contributed by atoms with Gasteiger partial charge in [-0.1, -0.05) is 30.3 Å². The molecule has 2 heterocycles. The lowest BCUT2D eigenvalue weighted by Crippen LogP contribution is -2.29. The van der Waals surface area contributed by atoms with Gasteiger partial charge in [0.05, 0.1) is 16.3 Å². The maximum atomic E-state index is 13.0. The van der Waals surface area contributed by atoms with Crippen molar-refractivity contribution in [3.63, 3.8) is 0 Å². The van der Waals surface area contributed by atoms with Gasteiger partial charge in [-0.2, -0.15) is 0 Å². The molecular formula is C20H18N2O2S. The maximum absolute atomic E-state index is 13.0. The predicted molar refractivity (Wildman–Crippen MR) is 101 cm³/mol. The largest absolute Gasteiger partial charge is 0.451 e. The molecule has 0 N–H and O–H groups in total. The van der Waals surface area contributed by atoms with Crippen molar-refractivity contribution in [2.45, 2.75) is 19.9 Å². The minimum atomic E-state index is -0.127. The molecule has 0 spiro atoms. The number of carbonyl (C=O) groups is 1. The van der Waals surface area contributed by atoms with Gasteiger partial charge in [-0.15, -0.1) is 11.3 Å². The van der Waals surface area contributed by atoms with Crippen molar-refractivity contribution in [2.24, 2.45) is 0 Å². The van der Waals surface area contributed by atoms with Crippen molar-refractivity contribution in [3.05, 3.63) is 64.9 Å². The minimum absolute atomic E-state index is 0.125. The highest BCUT2D eigenvalue weighted by Gasteiger charge is 2.26. The van der Waals surface area contributed by atoms with E-state index in [0.717, 1.165) is 31.8 Å². The normalized spacial score (nSPS) is 12.6. The summed E-state index contributed by atoms with van der Waals surface area (Å²) in [6.45, 7) is 3.92. The van der Waals surface area contributed by atoms with E-state index in [4.69, 9.17) is 4.42 Å². The van der Waals surface area contributed by atoms with Gasteiger partial charge in [-0.05, 0) is 32.0 Å². The van der Waals surface area contributed by atoms with Crippen LogP contribution in [0.25, 0.3) is 21.2 Å². The van der Waals surface area contributed by atoms with Crippen LogP contribution in [0.3, 0.4) is 0 Å². The number of fused-ring (bicyclic) bond motifs is 2. The van der Waals surface area contributed by atoms with E-state index in [1.54, 1.807) is 23.3 Å². The van der Waals surface area contributed by atoms with Crippen molar-refractivity contribution < 1.29 is 9.21 Å². The molecule has 4 aromatic rings. The van der Waals surface area contributed by atoms with E-state index in [2.05, 4.69) is 11.1 Å². The number of thiazole rings is 1. The van der Waals surface area contributed by atoms with Gasteiger partial charge in [0.2, 0.25) is 0 Å². The Hall–Kier alpha value is -2.66. The summed E-state index contributed by atoms with van der Waals surface area (Å²) >= 11 is 1.62. The van der Waals surface area contributed by atoms with Crippen LogP contribution in [0, 0.1) is 6.92 Å². The van der Waals surface area contributed by atoms with Crippen LogP contribution < -0.4 is 0 Å². The second-order valence-corrected chi connectivity index (χ2v) is 7.23. The van der Waals surface area contributed by atoms with E-state index in [0.29, 0.717) is 5.76 Å². The number of aryl methyl sites for hydroxylation is 1. The van der Waals surface area contributed by atoms with Gasteiger partial charge in [0.15, 0.2) is 5.76 Å². The Balaban J connectivity index is 1.67. The third-order valence-corrected chi connectivity index (χ3v) is 5.81. The molecule has 0 saturated carbocycles. The highest BCUT2D eigenvalue weighted by atomic mass is 32.1. The van der Waals surface area contributed by atoms with Crippen molar-refractivity contribution in [1.82, 2.24) is 9.88 Å². The van der Waals surface area contributed by atoms with Gasteiger partial charge in [-0.25, -0.2) is 4.98 Å². The molecule has 1 atom stereocenters. The molecule has 0 aliphatic carbocycles. The topological polar surface area (TPSA) is 46.3 Å². The van der Waals surface area contributed by atoms with E-state index in [1.165, 1.54) is 0 Å². The Kier molecular flexibility index (Phi) is 3.81. The lowest BCUT2D eigenvalue weighted by molar-refractivity contribution is 0.0711. The summed E-state index contributed by atoms with van der Waals surface area (Å²) in [4.78, 5) is 19.3. The number of benzene rings is 2. The molecule has 0 radical (unpaired) electrons. The number of carbonyl (C=O) groups excluding carboxylic acids is 1. The minimum Gasteiger partial charge on any atom is -0.451 e. The van der Waals surface area contributed by atoms with E-state index >= 15 is 0 Å². The Bertz CT molecular complexity index is 1050. The number of hydrogen-bond acceptors (Lipinski definition) is 4. The first kappa shape index (κ1) is 15.8. The molecule has 25 heavy (non-hydrogen) atoms. The summed E-state index contributed by atoms with van der Waals surface area (Å²) < 4.78 is 6.95. The number of aromatic nitrogens is 1. The first-order valence-electron chi connectivity index (χ1n) is 8.17. The third-order valence-electron chi connectivity index (χ3n) is 4.61. The molecule has 0 aliphatic heterocycles. The number of hydrogen-bond donors (Lipinski definition) is 0. The van der Waals surface area contributed by atoms with Crippen LogP contribution in [0.4, 0.5) is 0 Å². The molecule has 0 unspecified atom stereocenters. The van der Waals surface area contributed by atoms with Crippen molar-refractivity contribution in [1.29, 1.82) is 0 Å². The number of amides is 1. The average molecular weight is 350 g/mol. The Morgan fingerprint density at radius 2 is 1.88 bits per heavy atom. The van der Waals surface area contributed by atoms with E-state index in [-0.39, 0.29) is 11.9 Å². The number of nitrogens with zero attached hydrogens (tertiary/aromatic N) is 2. The zero-order chi connectivity index (χ0) is 17.6. The van der Waals surface area contributed by atoms with Gasteiger partial charge >= 0.3 is 0 Å². The highest BCUT2D eigenvalue weighted by Crippen LogP contribution is 2.31. The molecule has 0 saturated heterocycles. The molecule has 4 nitrogen and oxygen atoms in total. The van der Waals surface area contributed by atoms with E-state index in [9.17, 15) is 4.79 Å². The SMILES string of the molecule is Cc1c(C(=O)N(C)[C@H](C)c2nc3ccccc3s2)oc2ccccc12. The second-order valence-electron chi connectivity index (χ2n) is 6.16. The second kappa shape index (κ2) is 6.01. The zero-order valence-corrected chi connectivity index (χ0v) is 15.1. The standard InChI is InChI=1S/C20H18N2O2S/c1-12-14-8-4-6-10-16(14)24-18(12)20(23)22(3)13(2)19-21-15-9-5-7-11-17(15)25-19/h4-11,13H,1-3H3/t13-/m1/s1. The molecule has 2 aromatic heterocycles. The molecule has 126 valence electrons. The monoisotopic (exact) mass is 350 g/mol. The Morgan fingerprint density at radius 1 is 1.16 bits per heavy atom. The summed E-state index contributed by atoms with van der Waals surface area (Å²) in [6, 6.07) is 15.6. The molecule has 5 heteroatoms. The van der Waals surface area contributed by atoms with Gasteiger partial charge in [0.1, 0.15) is 10.6 Å². The number of para-hydroxylation sites is 2. The van der Waals surface area contributed by atoms with Gasteiger partial charge < -0.3 is 9.32 Å². The molecule has 1 amide bonds. The van der Waals surface area contributed by atoms with E-state index < -0.39 is 0 Å². The van der Waals surface area contributed by atoms with Crippen LogP contribution in [-0.2, 0) is 0 Å². The smallest absolute Gasteiger partial charge is 0.290 e. The lowest BCUT2D eigenvalue weighted by Gasteiger charge is -2.22. The summed E-state index contributed by atoms with van der Waals surface area (Å²) in [5.74, 6) is 0.275. The Labute approximate surface area is 149 Å². The van der Waals surface area contributed by atoms with Crippen LogP contribution >= 0.6 is 11.3 Å². The van der Waals surface area contributed by atoms with Crippen molar-refractivity contribution in [2.75, 3.05) is 7.05 Å². The van der Waals surface area contributed by atoms with Gasteiger partial charge in [-0.3, -0.25) is 4.79 Å².